The molecule has 1 unspecified atom stereocenters. The molecule has 1 fully saturated rings. The number of halogens is 4. The Morgan fingerprint density at radius 2 is 2.00 bits per heavy atom. The zero-order valence-corrected chi connectivity index (χ0v) is 17.1. The SMILES string of the molecule is CCNC(=NCc1cn[nH]c1C)N1CCN(C(C)C(F)(F)F)CC1.I. The summed E-state index contributed by atoms with van der Waals surface area (Å²) in [6, 6.07) is -1.41. The Morgan fingerprint density at radius 1 is 1.36 bits per heavy atom. The molecule has 0 saturated carbocycles. The average Bonchev–Trinajstić information content (AvgIpc) is 2.95. The molecule has 1 aromatic heterocycles. The molecule has 0 radical (unpaired) electrons. The first-order valence-corrected chi connectivity index (χ1v) is 8.15. The Hall–Kier alpha value is -1.04. The molecule has 0 amide bonds. The molecule has 2 N–H and O–H groups in total. The van der Waals surface area contributed by atoms with Crippen LogP contribution in [0.15, 0.2) is 11.2 Å². The third-order valence-electron chi connectivity index (χ3n) is 4.30. The molecule has 1 aromatic rings. The maximum absolute atomic E-state index is 12.8. The highest BCUT2D eigenvalue weighted by Crippen LogP contribution is 2.25. The average molecular weight is 474 g/mol. The summed E-state index contributed by atoms with van der Waals surface area (Å²) in [6.45, 7) is 8.12. The van der Waals surface area contributed by atoms with E-state index in [-0.39, 0.29) is 24.0 Å². The lowest BCUT2D eigenvalue weighted by Crippen LogP contribution is -2.56. The summed E-state index contributed by atoms with van der Waals surface area (Å²) in [5.41, 5.74) is 1.98. The van der Waals surface area contributed by atoms with E-state index < -0.39 is 12.2 Å². The molecule has 1 aliphatic rings. The third-order valence-corrected chi connectivity index (χ3v) is 4.30. The van der Waals surface area contributed by atoms with Crippen LogP contribution in [0.5, 0.6) is 0 Å². The second-order valence-corrected chi connectivity index (χ2v) is 5.93. The largest absolute Gasteiger partial charge is 0.403 e. The van der Waals surface area contributed by atoms with Crippen LogP contribution < -0.4 is 5.32 Å². The molecule has 144 valence electrons. The van der Waals surface area contributed by atoms with Gasteiger partial charge in [-0.2, -0.15) is 18.3 Å². The van der Waals surface area contributed by atoms with E-state index in [0.29, 0.717) is 39.3 Å². The van der Waals surface area contributed by atoms with Crippen molar-refractivity contribution >= 4 is 29.9 Å². The highest BCUT2D eigenvalue weighted by Gasteiger charge is 2.41. The fraction of sp³-hybridized carbons (Fsp3) is 0.733. The number of nitrogens with one attached hydrogen (secondary N) is 2. The lowest BCUT2D eigenvalue weighted by molar-refractivity contribution is -0.181. The van der Waals surface area contributed by atoms with Crippen LogP contribution in [0.25, 0.3) is 0 Å². The van der Waals surface area contributed by atoms with E-state index >= 15 is 0 Å². The molecule has 0 aliphatic carbocycles. The molecular formula is C15H26F3IN6. The van der Waals surface area contributed by atoms with Crippen molar-refractivity contribution < 1.29 is 13.2 Å². The Morgan fingerprint density at radius 3 is 2.48 bits per heavy atom. The van der Waals surface area contributed by atoms with Crippen LogP contribution in [-0.2, 0) is 6.54 Å². The van der Waals surface area contributed by atoms with Gasteiger partial charge in [-0.15, -0.1) is 24.0 Å². The van der Waals surface area contributed by atoms with Crippen molar-refractivity contribution in [2.45, 2.75) is 39.5 Å². The highest BCUT2D eigenvalue weighted by atomic mass is 127. The topological polar surface area (TPSA) is 59.6 Å². The Labute approximate surface area is 163 Å². The molecule has 0 aromatic carbocycles. The number of alkyl halides is 3. The number of aromatic amines is 1. The smallest absolute Gasteiger partial charge is 0.357 e. The first kappa shape index (κ1) is 22.0. The van der Waals surface area contributed by atoms with E-state index in [2.05, 4.69) is 20.5 Å². The Bertz CT molecular complexity index is 552. The summed E-state index contributed by atoms with van der Waals surface area (Å²) >= 11 is 0. The van der Waals surface area contributed by atoms with Crippen molar-refractivity contribution in [3.05, 3.63) is 17.5 Å². The van der Waals surface area contributed by atoms with Gasteiger partial charge in [0.2, 0.25) is 0 Å². The summed E-state index contributed by atoms with van der Waals surface area (Å²) in [6.07, 6.45) is -2.44. The van der Waals surface area contributed by atoms with Gasteiger partial charge in [0.15, 0.2) is 5.96 Å². The van der Waals surface area contributed by atoms with Crippen molar-refractivity contribution in [2.24, 2.45) is 4.99 Å². The van der Waals surface area contributed by atoms with Crippen LogP contribution >= 0.6 is 24.0 Å². The van der Waals surface area contributed by atoms with Gasteiger partial charge in [-0.25, -0.2) is 4.99 Å². The van der Waals surface area contributed by atoms with Crippen LogP contribution in [0, 0.1) is 6.92 Å². The fourth-order valence-corrected chi connectivity index (χ4v) is 2.65. The molecule has 1 aliphatic heterocycles. The number of piperazine rings is 1. The zero-order chi connectivity index (χ0) is 17.7. The quantitative estimate of drug-likeness (QED) is 0.400. The highest BCUT2D eigenvalue weighted by molar-refractivity contribution is 14.0. The first-order chi connectivity index (χ1) is 11.3. The van der Waals surface area contributed by atoms with Gasteiger partial charge in [-0.1, -0.05) is 0 Å². The number of aliphatic imine (C=N–C) groups is 1. The maximum Gasteiger partial charge on any atom is 0.403 e. The second-order valence-electron chi connectivity index (χ2n) is 5.93. The molecule has 2 heterocycles. The third kappa shape index (κ3) is 6.01. The number of guanidine groups is 1. The van der Waals surface area contributed by atoms with E-state index in [1.807, 2.05) is 18.7 Å². The number of hydrogen-bond acceptors (Lipinski definition) is 3. The van der Waals surface area contributed by atoms with Crippen LogP contribution in [0.3, 0.4) is 0 Å². The summed E-state index contributed by atoms with van der Waals surface area (Å²) in [5, 5.41) is 10.1. The van der Waals surface area contributed by atoms with Gasteiger partial charge in [0.05, 0.1) is 12.7 Å². The second kappa shape index (κ2) is 9.60. The summed E-state index contributed by atoms with van der Waals surface area (Å²) in [7, 11) is 0. The van der Waals surface area contributed by atoms with Crippen molar-refractivity contribution in [2.75, 3.05) is 32.7 Å². The molecule has 25 heavy (non-hydrogen) atoms. The van der Waals surface area contributed by atoms with Gasteiger partial charge in [0.1, 0.15) is 6.04 Å². The Balaban J connectivity index is 0.00000312. The molecule has 10 heteroatoms. The molecule has 1 saturated heterocycles. The van der Waals surface area contributed by atoms with E-state index in [9.17, 15) is 13.2 Å². The van der Waals surface area contributed by atoms with E-state index in [0.717, 1.165) is 17.2 Å². The van der Waals surface area contributed by atoms with Crippen molar-refractivity contribution in [1.29, 1.82) is 0 Å². The fourth-order valence-electron chi connectivity index (χ4n) is 2.65. The van der Waals surface area contributed by atoms with Gasteiger partial charge in [-0.3, -0.25) is 10.00 Å². The number of nitrogens with zero attached hydrogens (tertiary/aromatic N) is 4. The minimum Gasteiger partial charge on any atom is -0.357 e. The molecule has 1 atom stereocenters. The minimum atomic E-state index is -4.18. The maximum atomic E-state index is 12.8. The number of aromatic nitrogens is 2. The standard InChI is InChI=1S/C15H25F3N6.HI/c1-4-19-14(20-9-13-10-21-22-11(13)2)24-7-5-23(6-8-24)12(3)15(16,17)18;/h10,12H,4-9H2,1-3H3,(H,19,20)(H,21,22);1H. The molecule has 0 spiro atoms. The van der Waals surface area contributed by atoms with Gasteiger partial charge in [-0.05, 0) is 20.8 Å². The molecule has 0 bridgehead atoms. The molecule has 6 nitrogen and oxygen atoms in total. The zero-order valence-electron chi connectivity index (χ0n) is 14.7. The van der Waals surface area contributed by atoms with Crippen LogP contribution in [0.4, 0.5) is 13.2 Å². The van der Waals surface area contributed by atoms with Gasteiger partial charge < -0.3 is 10.2 Å². The van der Waals surface area contributed by atoms with Crippen LogP contribution in [-0.4, -0.2) is 70.9 Å². The van der Waals surface area contributed by atoms with Gasteiger partial charge in [0.25, 0.3) is 0 Å². The van der Waals surface area contributed by atoms with Crippen molar-refractivity contribution in [3.63, 3.8) is 0 Å². The lowest BCUT2D eigenvalue weighted by Gasteiger charge is -2.39. The summed E-state index contributed by atoms with van der Waals surface area (Å²) in [4.78, 5) is 8.07. The first-order valence-electron chi connectivity index (χ1n) is 8.15. The van der Waals surface area contributed by atoms with Crippen LogP contribution in [0.2, 0.25) is 0 Å². The number of H-pyrrole nitrogens is 1. The summed E-state index contributed by atoms with van der Waals surface area (Å²) in [5.74, 6) is 0.734. The van der Waals surface area contributed by atoms with Gasteiger partial charge >= 0.3 is 6.18 Å². The predicted molar refractivity (Wildman–Crippen MR) is 102 cm³/mol. The van der Waals surface area contributed by atoms with Crippen molar-refractivity contribution in [3.8, 4) is 0 Å². The van der Waals surface area contributed by atoms with E-state index in [1.165, 1.54) is 11.8 Å². The predicted octanol–water partition coefficient (Wildman–Crippen LogP) is 2.37. The van der Waals surface area contributed by atoms with E-state index in [1.54, 1.807) is 6.20 Å². The molecule has 2 rings (SSSR count). The number of hydrogen-bond donors (Lipinski definition) is 2. The normalized spacial score (nSPS) is 18.0. The minimum absolute atomic E-state index is 0. The van der Waals surface area contributed by atoms with Crippen molar-refractivity contribution in [1.82, 2.24) is 25.3 Å². The number of rotatable bonds is 4. The molecular weight excluding hydrogens is 448 g/mol. The van der Waals surface area contributed by atoms with E-state index in [4.69, 9.17) is 0 Å². The lowest BCUT2D eigenvalue weighted by atomic mass is 10.2. The van der Waals surface area contributed by atoms with Gasteiger partial charge in [0, 0.05) is 44.0 Å². The number of aryl methyl sites for hydroxylation is 1. The monoisotopic (exact) mass is 474 g/mol. The Kier molecular flexibility index (Phi) is 8.45. The van der Waals surface area contributed by atoms with Crippen LogP contribution in [0.1, 0.15) is 25.1 Å². The summed E-state index contributed by atoms with van der Waals surface area (Å²) < 4.78 is 38.5.